The maximum Gasteiger partial charge on any atom is 0.0623 e. The highest BCUT2D eigenvalue weighted by molar-refractivity contribution is 5.62. The number of aliphatic hydroxyl groups excluding tert-OH is 1. The van der Waals surface area contributed by atoms with E-state index in [4.69, 9.17) is 10.8 Å². The summed E-state index contributed by atoms with van der Waals surface area (Å²) >= 11 is 0. The zero-order valence-corrected chi connectivity index (χ0v) is 5.90. The summed E-state index contributed by atoms with van der Waals surface area (Å²) in [6.45, 7) is 2.28. The van der Waals surface area contributed by atoms with Gasteiger partial charge in [-0.15, -0.1) is 0 Å². The van der Waals surface area contributed by atoms with E-state index >= 15 is 0 Å². The van der Waals surface area contributed by atoms with Crippen molar-refractivity contribution in [2.75, 3.05) is 26.2 Å². The number of rotatable bonds is 3. The van der Waals surface area contributed by atoms with E-state index in [-0.39, 0.29) is 6.61 Å². The smallest absolute Gasteiger partial charge is 0.0623 e. The van der Waals surface area contributed by atoms with E-state index in [2.05, 4.69) is 5.10 Å². The molecule has 0 radical (unpaired) electrons. The fraction of sp³-hybridized carbons (Fsp3) is 0.833. The predicted molar refractivity (Wildman–Crippen MR) is 39.7 cm³/mol. The molecule has 0 bridgehead atoms. The Hall–Kier alpha value is -0.610. The topological polar surface area (TPSA) is 61.8 Å². The quantitative estimate of drug-likeness (QED) is 0.524. The SMILES string of the molecule is NCC1C=NN(CCO)C1. The highest BCUT2D eigenvalue weighted by Crippen LogP contribution is 2.04. The molecule has 0 spiro atoms. The van der Waals surface area contributed by atoms with Crippen LogP contribution in [0.1, 0.15) is 0 Å². The Kier molecular flexibility index (Phi) is 2.65. The number of hydrazone groups is 1. The third kappa shape index (κ3) is 1.68. The lowest BCUT2D eigenvalue weighted by atomic mass is 10.2. The molecular weight excluding hydrogens is 130 g/mol. The molecule has 1 aliphatic rings. The van der Waals surface area contributed by atoms with Crippen LogP contribution in [0.25, 0.3) is 0 Å². The van der Waals surface area contributed by atoms with Gasteiger partial charge in [-0.2, -0.15) is 5.10 Å². The first kappa shape index (κ1) is 7.50. The van der Waals surface area contributed by atoms with Crippen LogP contribution >= 0.6 is 0 Å². The second kappa shape index (κ2) is 3.53. The van der Waals surface area contributed by atoms with E-state index in [0.717, 1.165) is 6.54 Å². The molecular formula is C6H13N3O. The molecule has 0 aliphatic carbocycles. The average molecular weight is 143 g/mol. The largest absolute Gasteiger partial charge is 0.394 e. The van der Waals surface area contributed by atoms with E-state index < -0.39 is 0 Å². The predicted octanol–water partition coefficient (Wildman–Crippen LogP) is -1.15. The third-order valence-electron chi connectivity index (χ3n) is 1.55. The van der Waals surface area contributed by atoms with Gasteiger partial charge in [0, 0.05) is 25.2 Å². The second-order valence-electron chi connectivity index (χ2n) is 2.40. The van der Waals surface area contributed by atoms with Crippen LogP contribution in [-0.2, 0) is 0 Å². The summed E-state index contributed by atoms with van der Waals surface area (Å²) < 4.78 is 0. The standard InChI is InChI=1S/C6H13N3O/c7-3-6-4-8-9(5-6)1-2-10/h4,6,10H,1-3,5,7H2. The van der Waals surface area contributed by atoms with E-state index in [1.54, 1.807) is 0 Å². The molecule has 1 heterocycles. The highest BCUT2D eigenvalue weighted by atomic mass is 16.3. The van der Waals surface area contributed by atoms with Crippen molar-refractivity contribution in [2.24, 2.45) is 16.8 Å². The molecule has 3 N–H and O–H groups in total. The fourth-order valence-electron chi connectivity index (χ4n) is 0.953. The van der Waals surface area contributed by atoms with Gasteiger partial charge in [0.15, 0.2) is 0 Å². The minimum Gasteiger partial charge on any atom is -0.394 e. The molecule has 4 nitrogen and oxygen atoms in total. The van der Waals surface area contributed by atoms with Gasteiger partial charge in [-0.25, -0.2) is 0 Å². The molecule has 0 saturated heterocycles. The van der Waals surface area contributed by atoms with Crippen LogP contribution in [0.4, 0.5) is 0 Å². The summed E-state index contributed by atoms with van der Waals surface area (Å²) in [5, 5.41) is 14.4. The summed E-state index contributed by atoms with van der Waals surface area (Å²) in [5.41, 5.74) is 5.41. The van der Waals surface area contributed by atoms with Crippen LogP contribution in [0.2, 0.25) is 0 Å². The van der Waals surface area contributed by atoms with E-state index in [1.165, 1.54) is 0 Å². The van der Waals surface area contributed by atoms with Gasteiger partial charge >= 0.3 is 0 Å². The van der Waals surface area contributed by atoms with Crippen LogP contribution in [0.5, 0.6) is 0 Å². The first-order chi connectivity index (χ1) is 4.86. The number of nitrogens with two attached hydrogens (primary N) is 1. The van der Waals surface area contributed by atoms with Gasteiger partial charge in [0.1, 0.15) is 0 Å². The Bertz CT molecular complexity index is 126. The maximum atomic E-state index is 8.54. The number of hydrogen-bond acceptors (Lipinski definition) is 4. The fourth-order valence-corrected chi connectivity index (χ4v) is 0.953. The van der Waals surface area contributed by atoms with Crippen LogP contribution in [0.3, 0.4) is 0 Å². The van der Waals surface area contributed by atoms with Crippen molar-refractivity contribution >= 4 is 6.21 Å². The van der Waals surface area contributed by atoms with Gasteiger partial charge in [-0.05, 0) is 0 Å². The normalized spacial score (nSPS) is 24.2. The molecule has 0 aromatic heterocycles. The molecule has 0 aromatic rings. The Balaban J connectivity index is 2.24. The summed E-state index contributed by atoms with van der Waals surface area (Å²) in [6.07, 6.45) is 1.84. The Morgan fingerprint density at radius 2 is 2.60 bits per heavy atom. The minimum atomic E-state index is 0.161. The van der Waals surface area contributed by atoms with E-state index in [0.29, 0.717) is 19.0 Å². The first-order valence-corrected chi connectivity index (χ1v) is 3.46. The van der Waals surface area contributed by atoms with Crippen molar-refractivity contribution in [3.8, 4) is 0 Å². The lowest BCUT2D eigenvalue weighted by molar-refractivity contribution is 0.206. The summed E-state index contributed by atoms with van der Waals surface area (Å²) in [6, 6.07) is 0. The Morgan fingerprint density at radius 3 is 3.10 bits per heavy atom. The summed E-state index contributed by atoms with van der Waals surface area (Å²) in [5.74, 6) is 0.381. The van der Waals surface area contributed by atoms with Crippen molar-refractivity contribution in [1.82, 2.24) is 5.01 Å². The number of hydrogen-bond donors (Lipinski definition) is 2. The Labute approximate surface area is 60.3 Å². The highest BCUT2D eigenvalue weighted by Gasteiger charge is 2.14. The number of β-amino-alcohol motifs (C(OH)–C–C–N with tert-alkyl or cyclic N) is 1. The molecule has 1 atom stereocenters. The van der Waals surface area contributed by atoms with Gasteiger partial charge in [0.05, 0.1) is 13.2 Å². The molecule has 10 heavy (non-hydrogen) atoms. The van der Waals surface area contributed by atoms with Gasteiger partial charge in [0.2, 0.25) is 0 Å². The molecule has 58 valence electrons. The molecule has 0 aromatic carbocycles. The Morgan fingerprint density at radius 1 is 1.80 bits per heavy atom. The molecule has 4 heteroatoms. The summed E-state index contributed by atoms with van der Waals surface area (Å²) in [4.78, 5) is 0. The minimum absolute atomic E-state index is 0.161. The second-order valence-corrected chi connectivity index (χ2v) is 2.40. The lowest BCUT2D eigenvalue weighted by Crippen LogP contribution is -2.25. The van der Waals surface area contributed by atoms with Gasteiger partial charge in [-0.1, -0.05) is 0 Å². The molecule has 1 unspecified atom stereocenters. The van der Waals surface area contributed by atoms with Crippen molar-refractivity contribution in [1.29, 1.82) is 0 Å². The van der Waals surface area contributed by atoms with E-state index in [1.807, 2.05) is 11.2 Å². The van der Waals surface area contributed by atoms with Gasteiger partial charge in [0.25, 0.3) is 0 Å². The zero-order chi connectivity index (χ0) is 7.40. The molecule has 0 fully saturated rings. The number of aliphatic hydroxyl groups is 1. The van der Waals surface area contributed by atoms with Crippen molar-refractivity contribution in [3.05, 3.63) is 0 Å². The lowest BCUT2D eigenvalue weighted by Gasteiger charge is -2.12. The average Bonchev–Trinajstić information content (AvgIpc) is 2.37. The monoisotopic (exact) mass is 143 g/mol. The molecule has 1 aliphatic heterocycles. The molecule has 0 saturated carbocycles. The zero-order valence-electron chi connectivity index (χ0n) is 5.90. The van der Waals surface area contributed by atoms with Crippen LogP contribution in [0.15, 0.2) is 5.10 Å². The van der Waals surface area contributed by atoms with Crippen molar-refractivity contribution in [2.45, 2.75) is 0 Å². The number of nitrogens with zero attached hydrogens (tertiary/aromatic N) is 2. The van der Waals surface area contributed by atoms with Gasteiger partial charge in [-0.3, -0.25) is 5.01 Å². The van der Waals surface area contributed by atoms with Gasteiger partial charge < -0.3 is 10.8 Å². The van der Waals surface area contributed by atoms with Crippen LogP contribution in [0, 0.1) is 5.92 Å². The van der Waals surface area contributed by atoms with E-state index in [9.17, 15) is 0 Å². The maximum absolute atomic E-state index is 8.54. The van der Waals surface area contributed by atoms with Crippen molar-refractivity contribution < 1.29 is 5.11 Å². The summed E-state index contributed by atoms with van der Waals surface area (Å²) in [7, 11) is 0. The first-order valence-electron chi connectivity index (χ1n) is 3.46. The van der Waals surface area contributed by atoms with Crippen LogP contribution < -0.4 is 5.73 Å². The molecule has 0 amide bonds. The van der Waals surface area contributed by atoms with Crippen molar-refractivity contribution in [3.63, 3.8) is 0 Å². The molecule has 1 rings (SSSR count). The third-order valence-corrected chi connectivity index (χ3v) is 1.55. The van der Waals surface area contributed by atoms with Crippen LogP contribution in [-0.4, -0.2) is 42.6 Å².